The van der Waals surface area contributed by atoms with Crippen molar-refractivity contribution in [3.05, 3.63) is 65.9 Å². The van der Waals surface area contributed by atoms with Gasteiger partial charge >= 0.3 is 0 Å². The summed E-state index contributed by atoms with van der Waals surface area (Å²) in [5.41, 5.74) is -1.02. The SMILES string of the molecule is Cc1ccc(CN(C(=O)c2cc([N+](=O)[O-])cc([N+](=O)[O-])c2)C(C)C)s1. The molecule has 9 heteroatoms. The molecule has 0 aliphatic heterocycles. The van der Waals surface area contributed by atoms with Gasteiger partial charge in [0.25, 0.3) is 17.3 Å². The van der Waals surface area contributed by atoms with Crippen molar-refractivity contribution in [2.75, 3.05) is 0 Å². The standard InChI is InChI=1S/C16H17N3O5S/c1-10(2)17(9-15-5-4-11(3)25-15)16(20)12-6-13(18(21)22)8-14(7-12)19(23)24/h4-8,10H,9H2,1-3H3. The lowest BCUT2D eigenvalue weighted by atomic mass is 10.1. The smallest absolute Gasteiger partial charge is 0.277 e. The summed E-state index contributed by atoms with van der Waals surface area (Å²) < 4.78 is 0. The molecular formula is C16H17N3O5S. The van der Waals surface area contributed by atoms with E-state index >= 15 is 0 Å². The first-order chi connectivity index (χ1) is 11.7. The maximum atomic E-state index is 12.8. The van der Waals surface area contributed by atoms with Gasteiger partial charge in [0.1, 0.15) is 0 Å². The molecule has 1 aromatic heterocycles. The zero-order valence-electron chi connectivity index (χ0n) is 14.0. The van der Waals surface area contributed by atoms with Crippen molar-refractivity contribution in [2.24, 2.45) is 0 Å². The van der Waals surface area contributed by atoms with E-state index in [1.165, 1.54) is 4.90 Å². The van der Waals surface area contributed by atoms with Gasteiger partial charge in [-0.05, 0) is 32.9 Å². The number of hydrogen-bond acceptors (Lipinski definition) is 6. The van der Waals surface area contributed by atoms with E-state index in [1.807, 2.05) is 32.9 Å². The Morgan fingerprint density at radius 1 is 1.12 bits per heavy atom. The number of nitro groups is 2. The average Bonchev–Trinajstić information content (AvgIpc) is 2.96. The molecule has 0 fully saturated rings. The van der Waals surface area contributed by atoms with Crippen LogP contribution < -0.4 is 0 Å². The molecule has 0 saturated carbocycles. The Hall–Kier alpha value is -2.81. The van der Waals surface area contributed by atoms with Crippen LogP contribution in [0, 0.1) is 27.2 Å². The van der Waals surface area contributed by atoms with Gasteiger partial charge in [-0.15, -0.1) is 11.3 Å². The van der Waals surface area contributed by atoms with Crippen molar-refractivity contribution in [2.45, 2.75) is 33.4 Å². The number of rotatable bonds is 6. The van der Waals surface area contributed by atoms with Gasteiger partial charge in [0.15, 0.2) is 0 Å². The molecule has 0 bridgehead atoms. The minimum absolute atomic E-state index is 0.0668. The molecule has 0 radical (unpaired) electrons. The van der Waals surface area contributed by atoms with Crippen LogP contribution in [0.2, 0.25) is 0 Å². The molecule has 2 rings (SSSR count). The van der Waals surface area contributed by atoms with Crippen LogP contribution >= 0.6 is 11.3 Å². The van der Waals surface area contributed by atoms with Crippen molar-refractivity contribution in [1.29, 1.82) is 0 Å². The molecule has 0 unspecified atom stereocenters. The summed E-state index contributed by atoms with van der Waals surface area (Å²) in [6.45, 7) is 5.94. The maximum absolute atomic E-state index is 12.8. The Morgan fingerprint density at radius 3 is 2.08 bits per heavy atom. The fraction of sp³-hybridized carbons (Fsp3) is 0.312. The molecule has 1 amide bonds. The van der Waals surface area contributed by atoms with Crippen molar-refractivity contribution in [1.82, 2.24) is 4.90 Å². The number of carbonyl (C=O) groups excluding carboxylic acids is 1. The minimum Gasteiger partial charge on any atom is -0.331 e. The molecule has 8 nitrogen and oxygen atoms in total. The van der Waals surface area contributed by atoms with Gasteiger partial charge in [-0.3, -0.25) is 25.0 Å². The highest BCUT2D eigenvalue weighted by atomic mass is 32.1. The van der Waals surface area contributed by atoms with Gasteiger partial charge in [0.05, 0.1) is 28.0 Å². The summed E-state index contributed by atoms with van der Waals surface area (Å²) in [5, 5.41) is 22.0. The van der Waals surface area contributed by atoms with Gasteiger partial charge in [-0.1, -0.05) is 0 Å². The van der Waals surface area contributed by atoms with E-state index in [0.29, 0.717) is 6.54 Å². The number of amides is 1. The molecule has 1 heterocycles. The Labute approximate surface area is 148 Å². The lowest BCUT2D eigenvalue weighted by Gasteiger charge is -2.26. The third-order valence-electron chi connectivity index (χ3n) is 3.58. The monoisotopic (exact) mass is 363 g/mol. The molecule has 132 valence electrons. The summed E-state index contributed by atoms with van der Waals surface area (Å²) in [7, 11) is 0. The molecular weight excluding hydrogens is 346 g/mol. The maximum Gasteiger partial charge on any atom is 0.277 e. The van der Waals surface area contributed by atoms with Gasteiger partial charge in [0.2, 0.25) is 0 Å². The quantitative estimate of drug-likeness (QED) is 0.571. The Morgan fingerprint density at radius 2 is 1.68 bits per heavy atom. The number of carbonyl (C=O) groups is 1. The number of hydrogen-bond donors (Lipinski definition) is 0. The highest BCUT2D eigenvalue weighted by Crippen LogP contribution is 2.25. The van der Waals surface area contributed by atoms with Crippen LogP contribution in [0.3, 0.4) is 0 Å². The number of benzene rings is 1. The second kappa shape index (κ2) is 7.39. The first-order valence-corrected chi connectivity index (χ1v) is 8.31. The Balaban J connectivity index is 2.41. The largest absolute Gasteiger partial charge is 0.331 e. The zero-order valence-corrected chi connectivity index (χ0v) is 14.8. The predicted molar refractivity (Wildman–Crippen MR) is 93.8 cm³/mol. The van der Waals surface area contributed by atoms with Crippen LogP contribution in [-0.2, 0) is 6.54 Å². The first kappa shape index (κ1) is 18.5. The summed E-state index contributed by atoms with van der Waals surface area (Å²) in [6, 6.07) is 6.68. The fourth-order valence-electron chi connectivity index (χ4n) is 2.32. The topological polar surface area (TPSA) is 107 Å². The molecule has 0 saturated heterocycles. The van der Waals surface area contributed by atoms with Crippen molar-refractivity contribution >= 4 is 28.6 Å². The first-order valence-electron chi connectivity index (χ1n) is 7.49. The van der Waals surface area contributed by atoms with Gasteiger partial charge in [0, 0.05) is 27.9 Å². The molecule has 0 aliphatic carbocycles. The lowest BCUT2D eigenvalue weighted by molar-refractivity contribution is -0.394. The van der Waals surface area contributed by atoms with Gasteiger partial charge in [-0.25, -0.2) is 0 Å². The summed E-state index contributed by atoms with van der Waals surface area (Å²) in [4.78, 5) is 37.0. The third-order valence-corrected chi connectivity index (χ3v) is 4.56. The molecule has 0 atom stereocenters. The average molecular weight is 363 g/mol. The number of nitro benzene ring substituents is 2. The zero-order chi connectivity index (χ0) is 18.7. The minimum atomic E-state index is -0.744. The third kappa shape index (κ3) is 4.38. The molecule has 25 heavy (non-hydrogen) atoms. The van der Waals surface area contributed by atoms with Crippen LogP contribution in [0.4, 0.5) is 11.4 Å². The fourth-order valence-corrected chi connectivity index (χ4v) is 3.21. The number of thiophene rings is 1. The number of non-ortho nitro benzene ring substituents is 2. The summed E-state index contributed by atoms with van der Waals surface area (Å²) in [5.74, 6) is -0.479. The molecule has 2 aromatic rings. The number of nitrogens with zero attached hydrogens (tertiary/aromatic N) is 3. The van der Waals surface area contributed by atoms with E-state index in [4.69, 9.17) is 0 Å². The van der Waals surface area contributed by atoms with E-state index in [0.717, 1.165) is 28.0 Å². The molecule has 0 spiro atoms. The number of aryl methyl sites for hydroxylation is 1. The van der Waals surface area contributed by atoms with Crippen molar-refractivity contribution in [3.8, 4) is 0 Å². The summed E-state index contributed by atoms with van der Waals surface area (Å²) in [6.07, 6.45) is 0. The van der Waals surface area contributed by atoms with E-state index < -0.39 is 27.1 Å². The van der Waals surface area contributed by atoms with E-state index in [9.17, 15) is 25.0 Å². The van der Waals surface area contributed by atoms with E-state index in [2.05, 4.69) is 0 Å². The van der Waals surface area contributed by atoms with Gasteiger partial charge < -0.3 is 4.90 Å². The van der Waals surface area contributed by atoms with Crippen molar-refractivity contribution < 1.29 is 14.6 Å². The van der Waals surface area contributed by atoms with Crippen molar-refractivity contribution in [3.63, 3.8) is 0 Å². The van der Waals surface area contributed by atoms with Crippen LogP contribution in [0.25, 0.3) is 0 Å². The van der Waals surface area contributed by atoms with Crippen LogP contribution in [0.5, 0.6) is 0 Å². The lowest BCUT2D eigenvalue weighted by Crippen LogP contribution is -2.36. The van der Waals surface area contributed by atoms with E-state index in [-0.39, 0.29) is 11.6 Å². The normalized spacial score (nSPS) is 10.7. The Kier molecular flexibility index (Phi) is 5.48. The van der Waals surface area contributed by atoms with Crippen LogP contribution in [-0.4, -0.2) is 26.7 Å². The highest BCUT2D eigenvalue weighted by Gasteiger charge is 2.25. The Bertz CT molecular complexity index is 799. The van der Waals surface area contributed by atoms with Crippen LogP contribution in [0.15, 0.2) is 30.3 Å². The highest BCUT2D eigenvalue weighted by molar-refractivity contribution is 7.11. The van der Waals surface area contributed by atoms with Crippen LogP contribution in [0.1, 0.15) is 34.0 Å². The van der Waals surface area contributed by atoms with Gasteiger partial charge in [-0.2, -0.15) is 0 Å². The second-order valence-corrected chi connectivity index (χ2v) is 7.16. The molecule has 1 aromatic carbocycles. The summed E-state index contributed by atoms with van der Waals surface area (Å²) >= 11 is 1.55. The predicted octanol–water partition coefficient (Wildman–Crippen LogP) is 3.92. The van der Waals surface area contributed by atoms with E-state index in [1.54, 1.807) is 11.3 Å². The molecule has 0 N–H and O–H groups in total. The molecule has 0 aliphatic rings. The second-order valence-electron chi connectivity index (χ2n) is 5.79.